The van der Waals surface area contributed by atoms with E-state index in [4.69, 9.17) is 9.84 Å². The van der Waals surface area contributed by atoms with Crippen molar-refractivity contribution in [1.29, 1.82) is 0 Å². The summed E-state index contributed by atoms with van der Waals surface area (Å²) < 4.78 is 18.0. The van der Waals surface area contributed by atoms with Gasteiger partial charge in [-0.15, -0.1) is 0 Å². The van der Waals surface area contributed by atoms with Gasteiger partial charge in [0.25, 0.3) is 0 Å². The van der Waals surface area contributed by atoms with Crippen LogP contribution in [0, 0.1) is 5.82 Å². The van der Waals surface area contributed by atoms with E-state index < -0.39 is 23.4 Å². The van der Waals surface area contributed by atoms with Gasteiger partial charge < -0.3 is 9.84 Å². The van der Waals surface area contributed by atoms with Crippen LogP contribution in [0.4, 0.5) is 4.39 Å². The zero-order valence-electron chi connectivity index (χ0n) is 9.78. The lowest BCUT2D eigenvalue weighted by Crippen LogP contribution is -2.25. The number of carboxylic acid groups (broad SMARTS) is 1. The molecular weight excluding hydrogens is 227 g/mol. The molecule has 0 radical (unpaired) electrons. The van der Waals surface area contributed by atoms with Crippen LogP contribution < -0.4 is 0 Å². The summed E-state index contributed by atoms with van der Waals surface area (Å²) in [7, 11) is 0. The van der Waals surface area contributed by atoms with E-state index in [1.165, 1.54) is 0 Å². The third kappa shape index (κ3) is 3.55. The summed E-state index contributed by atoms with van der Waals surface area (Å²) in [6.07, 6.45) is 0. The van der Waals surface area contributed by atoms with Crippen molar-refractivity contribution in [2.24, 2.45) is 0 Å². The Kier molecular flexibility index (Phi) is 3.50. The number of benzene rings is 1. The number of aromatic carboxylic acids is 1. The molecule has 0 heterocycles. The second-order valence-corrected chi connectivity index (χ2v) is 4.50. The Labute approximate surface area is 98.0 Å². The maximum Gasteiger partial charge on any atom is 0.339 e. The average Bonchev–Trinajstić information content (AvgIpc) is 2.14. The average molecular weight is 240 g/mol. The van der Waals surface area contributed by atoms with Crippen molar-refractivity contribution < 1.29 is 23.8 Å². The number of rotatable bonds is 2. The molecule has 17 heavy (non-hydrogen) atoms. The minimum absolute atomic E-state index is 0.277. The molecule has 0 fully saturated rings. The van der Waals surface area contributed by atoms with Crippen LogP contribution in [0.2, 0.25) is 0 Å². The van der Waals surface area contributed by atoms with Gasteiger partial charge in [-0.05, 0) is 39.0 Å². The zero-order chi connectivity index (χ0) is 13.2. The van der Waals surface area contributed by atoms with Gasteiger partial charge in [0.2, 0.25) is 0 Å². The van der Waals surface area contributed by atoms with Crippen LogP contribution in [-0.4, -0.2) is 22.6 Å². The lowest BCUT2D eigenvalue weighted by atomic mass is 10.1. The molecular formula is C12H13FO4. The molecule has 92 valence electrons. The predicted molar refractivity (Wildman–Crippen MR) is 58.5 cm³/mol. The van der Waals surface area contributed by atoms with Crippen molar-refractivity contribution in [2.45, 2.75) is 26.4 Å². The molecule has 1 aromatic carbocycles. The minimum Gasteiger partial charge on any atom is -0.478 e. The Morgan fingerprint density at radius 1 is 1.24 bits per heavy atom. The highest BCUT2D eigenvalue weighted by atomic mass is 19.1. The maximum atomic E-state index is 13.0. The van der Waals surface area contributed by atoms with Crippen LogP contribution in [0.25, 0.3) is 0 Å². The topological polar surface area (TPSA) is 63.6 Å². The van der Waals surface area contributed by atoms with E-state index in [-0.39, 0.29) is 11.1 Å². The highest BCUT2D eigenvalue weighted by Crippen LogP contribution is 2.17. The standard InChI is InChI=1S/C12H13FO4/c1-12(2,3)17-11(16)9-6-7(13)4-5-8(9)10(14)15/h4-6H,1-3H3,(H,14,15). The number of halogens is 1. The fraction of sp³-hybridized carbons (Fsp3) is 0.333. The van der Waals surface area contributed by atoms with Crippen molar-refractivity contribution in [1.82, 2.24) is 0 Å². The summed E-state index contributed by atoms with van der Waals surface area (Å²) in [5.74, 6) is -2.84. The summed E-state index contributed by atoms with van der Waals surface area (Å²) in [5.41, 5.74) is -1.33. The van der Waals surface area contributed by atoms with E-state index in [0.29, 0.717) is 0 Å². The third-order valence-electron chi connectivity index (χ3n) is 1.83. The van der Waals surface area contributed by atoms with Gasteiger partial charge in [-0.1, -0.05) is 0 Å². The van der Waals surface area contributed by atoms with Crippen LogP contribution in [0.1, 0.15) is 41.5 Å². The van der Waals surface area contributed by atoms with Gasteiger partial charge in [-0.2, -0.15) is 0 Å². The summed E-state index contributed by atoms with van der Waals surface area (Å²) >= 11 is 0. The Bertz CT molecular complexity index is 460. The highest BCUT2D eigenvalue weighted by Gasteiger charge is 2.23. The second-order valence-electron chi connectivity index (χ2n) is 4.50. The Balaban J connectivity index is 3.16. The van der Waals surface area contributed by atoms with E-state index in [9.17, 15) is 14.0 Å². The first-order valence-corrected chi connectivity index (χ1v) is 4.97. The van der Waals surface area contributed by atoms with Gasteiger partial charge in [-0.3, -0.25) is 0 Å². The second kappa shape index (κ2) is 4.53. The summed E-state index contributed by atoms with van der Waals surface area (Å²) in [5, 5.41) is 8.87. The van der Waals surface area contributed by atoms with Crippen LogP contribution >= 0.6 is 0 Å². The summed E-state index contributed by atoms with van der Waals surface area (Å²) in [6.45, 7) is 4.93. The largest absolute Gasteiger partial charge is 0.478 e. The lowest BCUT2D eigenvalue weighted by Gasteiger charge is -2.20. The van der Waals surface area contributed by atoms with Crippen LogP contribution in [0.3, 0.4) is 0 Å². The molecule has 0 aliphatic heterocycles. The molecule has 5 heteroatoms. The lowest BCUT2D eigenvalue weighted by molar-refractivity contribution is 0.00653. The van der Waals surface area contributed by atoms with Crippen molar-refractivity contribution in [3.05, 3.63) is 35.1 Å². The van der Waals surface area contributed by atoms with E-state index in [1.807, 2.05) is 0 Å². The van der Waals surface area contributed by atoms with Crippen LogP contribution in [0.5, 0.6) is 0 Å². The first kappa shape index (κ1) is 13.2. The SMILES string of the molecule is CC(C)(C)OC(=O)c1cc(F)ccc1C(=O)O. The molecule has 0 spiro atoms. The summed E-state index contributed by atoms with van der Waals surface area (Å²) in [6, 6.07) is 2.88. The quantitative estimate of drug-likeness (QED) is 0.806. The number of hydrogen-bond acceptors (Lipinski definition) is 3. The Morgan fingerprint density at radius 3 is 2.29 bits per heavy atom. The van der Waals surface area contributed by atoms with E-state index >= 15 is 0 Å². The molecule has 0 aliphatic carbocycles. The van der Waals surface area contributed by atoms with Crippen molar-refractivity contribution in [3.63, 3.8) is 0 Å². The van der Waals surface area contributed by atoms with Crippen molar-refractivity contribution in [3.8, 4) is 0 Å². The van der Waals surface area contributed by atoms with Crippen molar-refractivity contribution >= 4 is 11.9 Å². The molecule has 4 nitrogen and oxygen atoms in total. The molecule has 0 aliphatic rings. The Morgan fingerprint density at radius 2 is 1.82 bits per heavy atom. The molecule has 0 aromatic heterocycles. The van der Waals surface area contributed by atoms with Crippen LogP contribution in [0.15, 0.2) is 18.2 Å². The fourth-order valence-corrected chi connectivity index (χ4v) is 1.20. The van der Waals surface area contributed by atoms with E-state index in [0.717, 1.165) is 18.2 Å². The molecule has 0 atom stereocenters. The number of carbonyl (C=O) groups excluding carboxylic acids is 1. The molecule has 1 aromatic rings. The van der Waals surface area contributed by atoms with Crippen LogP contribution in [-0.2, 0) is 4.74 Å². The van der Waals surface area contributed by atoms with Gasteiger partial charge in [0, 0.05) is 0 Å². The number of carboxylic acids is 1. The number of carbonyl (C=O) groups is 2. The smallest absolute Gasteiger partial charge is 0.339 e. The third-order valence-corrected chi connectivity index (χ3v) is 1.83. The van der Waals surface area contributed by atoms with Gasteiger partial charge in [0.1, 0.15) is 11.4 Å². The molecule has 0 saturated carbocycles. The molecule has 1 N–H and O–H groups in total. The van der Waals surface area contributed by atoms with Gasteiger partial charge in [-0.25, -0.2) is 14.0 Å². The predicted octanol–water partition coefficient (Wildman–Crippen LogP) is 2.48. The molecule has 0 amide bonds. The molecule has 1 rings (SSSR count). The molecule has 0 saturated heterocycles. The number of esters is 1. The summed E-state index contributed by atoms with van der Waals surface area (Å²) in [4.78, 5) is 22.6. The van der Waals surface area contributed by atoms with Gasteiger partial charge in [0.05, 0.1) is 11.1 Å². The first-order valence-electron chi connectivity index (χ1n) is 4.97. The zero-order valence-corrected chi connectivity index (χ0v) is 9.78. The number of hydrogen-bond donors (Lipinski definition) is 1. The molecule has 0 unspecified atom stereocenters. The normalized spacial score (nSPS) is 11.1. The van der Waals surface area contributed by atoms with Gasteiger partial charge >= 0.3 is 11.9 Å². The van der Waals surface area contributed by atoms with E-state index in [1.54, 1.807) is 20.8 Å². The molecule has 0 bridgehead atoms. The van der Waals surface area contributed by atoms with Gasteiger partial charge in [0.15, 0.2) is 0 Å². The van der Waals surface area contributed by atoms with E-state index in [2.05, 4.69) is 0 Å². The monoisotopic (exact) mass is 240 g/mol. The minimum atomic E-state index is -1.30. The Hall–Kier alpha value is -1.91. The van der Waals surface area contributed by atoms with Crippen molar-refractivity contribution in [2.75, 3.05) is 0 Å². The maximum absolute atomic E-state index is 13.0. The fourth-order valence-electron chi connectivity index (χ4n) is 1.20. The first-order chi connectivity index (χ1) is 7.70. The highest BCUT2D eigenvalue weighted by molar-refractivity contribution is 6.02. The number of ether oxygens (including phenoxy) is 1.